The maximum Gasteiger partial charge on any atom is 0.227 e. The summed E-state index contributed by atoms with van der Waals surface area (Å²) in [4.78, 5) is 22.7. The van der Waals surface area contributed by atoms with Gasteiger partial charge in [0.1, 0.15) is 6.61 Å². The van der Waals surface area contributed by atoms with Gasteiger partial charge in [-0.25, -0.2) is 0 Å². The summed E-state index contributed by atoms with van der Waals surface area (Å²) in [6, 6.07) is 0. The Kier molecular flexibility index (Phi) is 6.97. The van der Waals surface area contributed by atoms with Crippen molar-refractivity contribution in [1.29, 1.82) is 0 Å². The minimum atomic E-state index is -0.291. The summed E-state index contributed by atoms with van der Waals surface area (Å²) in [5, 5.41) is 2.74. The molecule has 0 unspecified atom stereocenters. The van der Waals surface area contributed by atoms with E-state index >= 15 is 0 Å². The molecule has 0 aliphatic rings. The molecule has 1 amide bonds. The smallest absolute Gasteiger partial charge is 0.227 e. The molecule has 16 heavy (non-hydrogen) atoms. The quantitative estimate of drug-likeness (QED) is 0.534. The Morgan fingerprint density at radius 1 is 1.25 bits per heavy atom. The van der Waals surface area contributed by atoms with Crippen LogP contribution >= 0.6 is 0 Å². The number of unbranched alkanes of at least 4 members (excludes halogenated alkanes) is 1. The Labute approximate surface area is 97.7 Å². The molecule has 0 fully saturated rings. The molecule has 0 rings (SSSR count). The summed E-state index contributed by atoms with van der Waals surface area (Å²) in [7, 11) is 0. The van der Waals surface area contributed by atoms with Crippen LogP contribution in [0.25, 0.3) is 0 Å². The largest absolute Gasteiger partial charge is 0.374 e. The van der Waals surface area contributed by atoms with Crippen LogP contribution in [0.3, 0.4) is 0 Å². The van der Waals surface area contributed by atoms with Crippen LogP contribution < -0.4 is 5.32 Å². The molecule has 0 aliphatic heterocycles. The topological polar surface area (TPSA) is 55.4 Å². The monoisotopic (exact) mass is 229 g/mol. The average Bonchev–Trinajstić information content (AvgIpc) is 2.09. The van der Waals surface area contributed by atoms with Gasteiger partial charge in [-0.3, -0.25) is 9.59 Å². The Morgan fingerprint density at radius 3 is 2.38 bits per heavy atom. The predicted octanol–water partition coefficient (Wildman–Crippen LogP) is 1.68. The van der Waals surface area contributed by atoms with Gasteiger partial charge in [0.2, 0.25) is 5.91 Å². The van der Waals surface area contributed by atoms with Gasteiger partial charge in [0.15, 0.2) is 5.78 Å². The standard InChI is InChI=1S/C12H23NO3/c1-5-6-7-16-9-10(14)8-11(15)13-12(2,3)4/h5-9H2,1-4H3,(H,13,15). The second kappa shape index (κ2) is 7.39. The first-order valence-electron chi connectivity index (χ1n) is 5.75. The normalized spacial score (nSPS) is 11.2. The molecule has 0 saturated heterocycles. The molecule has 0 aromatic heterocycles. The second-order valence-corrected chi connectivity index (χ2v) is 4.92. The average molecular weight is 229 g/mol. The third-order valence-corrected chi connectivity index (χ3v) is 1.78. The number of hydrogen-bond donors (Lipinski definition) is 1. The molecule has 0 saturated carbocycles. The zero-order valence-corrected chi connectivity index (χ0v) is 10.8. The molecular formula is C12H23NO3. The maximum absolute atomic E-state index is 11.4. The Balaban J connectivity index is 3.67. The first kappa shape index (κ1) is 15.1. The highest BCUT2D eigenvalue weighted by Gasteiger charge is 2.16. The third kappa shape index (κ3) is 9.65. The molecular weight excluding hydrogens is 206 g/mol. The minimum Gasteiger partial charge on any atom is -0.374 e. The van der Waals surface area contributed by atoms with Crippen LogP contribution in [0, 0.1) is 0 Å². The molecule has 0 aromatic rings. The van der Waals surface area contributed by atoms with E-state index in [1.54, 1.807) is 0 Å². The fourth-order valence-corrected chi connectivity index (χ4v) is 1.12. The highest BCUT2D eigenvalue weighted by molar-refractivity contribution is 5.98. The number of ketones is 1. The van der Waals surface area contributed by atoms with Crippen molar-refractivity contribution in [3.8, 4) is 0 Å². The van der Waals surface area contributed by atoms with Crippen LogP contribution in [-0.2, 0) is 14.3 Å². The molecule has 4 nitrogen and oxygen atoms in total. The number of carbonyl (C=O) groups excluding carboxylic acids is 2. The molecule has 1 N–H and O–H groups in total. The van der Waals surface area contributed by atoms with E-state index in [0.717, 1.165) is 12.8 Å². The van der Waals surface area contributed by atoms with Crippen molar-refractivity contribution in [2.75, 3.05) is 13.2 Å². The summed E-state index contributed by atoms with van der Waals surface area (Å²) in [6.07, 6.45) is 1.89. The molecule has 0 aliphatic carbocycles. The molecule has 0 bridgehead atoms. The van der Waals surface area contributed by atoms with E-state index in [4.69, 9.17) is 4.74 Å². The zero-order chi connectivity index (χ0) is 12.6. The number of Topliss-reactive ketones (excluding diaryl/α,β-unsaturated/α-hetero) is 1. The fraction of sp³-hybridized carbons (Fsp3) is 0.833. The van der Waals surface area contributed by atoms with Crippen molar-refractivity contribution in [2.24, 2.45) is 0 Å². The van der Waals surface area contributed by atoms with Gasteiger partial charge < -0.3 is 10.1 Å². The molecule has 4 heteroatoms. The van der Waals surface area contributed by atoms with Crippen molar-refractivity contribution in [3.05, 3.63) is 0 Å². The molecule has 0 atom stereocenters. The van der Waals surface area contributed by atoms with E-state index in [0.29, 0.717) is 6.61 Å². The lowest BCUT2D eigenvalue weighted by molar-refractivity contribution is -0.131. The summed E-state index contributed by atoms with van der Waals surface area (Å²) in [5.74, 6) is -0.408. The van der Waals surface area contributed by atoms with Crippen LogP contribution in [0.4, 0.5) is 0 Å². The number of carbonyl (C=O) groups is 2. The van der Waals surface area contributed by atoms with Crippen molar-refractivity contribution >= 4 is 11.7 Å². The third-order valence-electron chi connectivity index (χ3n) is 1.78. The van der Waals surface area contributed by atoms with E-state index in [-0.39, 0.29) is 30.3 Å². The first-order chi connectivity index (χ1) is 7.35. The van der Waals surface area contributed by atoms with Gasteiger partial charge in [-0.15, -0.1) is 0 Å². The van der Waals surface area contributed by atoms with Crippen molar-refractivity contribution in [3.63, 3.8) is 0 Å². The number of hydrogen-bond acceptors (Lipinski definition) is 3. The van der Waals surface area contributed by atoms with Crippen molar-refractivity contribution in [1.82, 2.24) is 5.32 Å². The lowest BCUT2D eigenvalue weighted by Crippen LogP contribution is -2.41. The summed E-state index contributed by atoms with van der Waals surface area (Å²) in [5.41, 5.74) is -0.291. The number of amides is 1. The van der Waals surface area contributed by atoms with E-state index in [1.165, 1.54) is 0 Å². The highest BCUT2D eigenvalue weighted by atomic mass is 16.5. The number of rotatable bonds is 7. The lowest BCUT2D eigenvalue weighted by atomic mass is 10.1. The Hall–Kier alpha value is -0.900. The van der Waals surface area contributed by atoms with Gasteiger partial charge >= 0.3 is 0 Å². The zero-order valence-electron chi connectivity index (χ0n) is 10.8. The van der Waals surface area contributed by atoms with E-state index < -0.39 is 0 Å². The summed E-state index contributed by atoms with van der Waals surface area (Å²) >= 11 is 0. The minimum absolute atomic E-state index is 0.0392. The van der Waals surface area contributed by atoms with Gasteiger partial charge in [0.05, 0.1) is 6.42 Å². The van der Waals surface area contributed by atoms with Gasteiger partial charge in [-0.1, -0.05) is 13.3 Å². The van der Waals surface area contributed by atoms with E-state index in [9.17, 15) is 9.59 Å². The van der Waals surface area contributed by atoms with Crippen LogP contribution in [0.1, 0.15) is 47.0 Å². The SMILES string of the molecule is CCCCOCC(=O)CC(=O)NC(C)(C)C. The fourth-order valence-electron chi connectivity index (χ4n) is 1.12. The van der Waals surface area contributed by atoms with E-state index in [1.807, 2.05) is 20.8 Å². The first-order valence-corrected chi connectivity index (χ1v) is 5.75. The molecule has 0 aromatic carbocycles. The Bertz CT molecular complexity index is 231. The van der Waals surface area contributed by atoms with Crippen LogP contribution in [0.15, 0.2) is 0 Å². The molecule has 0 radical (unpaired) electrons. The number of ether oxygens (including phenoxy) is 1. The van der Waals surface area contributed by atoms with Gasteiger partial charge in [0.25, 0.3) is 0 Å². The van der Waals surface area contributed by atoms with Gasteiger partial charge in [-0.2, -0.15) is 0 Å². The highest BCUT2D eigenvalue weighted by Crippen LogP contribution is 1.99. The van der Waals surface area contributed by atoms with Gasteiger partial charge in [0, 0.05) is 12.1 Å². The maximum atomic E-state index is 11.4. The molecule has 0 spiro atoms. The predicted molar refractivity (Wildman–Crippen MR) is 63.2 cm³/mol. The molecule has 94 valence electrons. The van der Waals surface area contributed by atoms with Crippen molar-refractivity contribution < 1.29 is 14.3 Å². The summed E-state index contributed by atoms with van der Waals surface area (Å²) < 4.78 is 5.14. The molecule has 0 heterocycles. The van der Waals surface area contributed by atoms with Crippen LogP contribution in [0.2, 0.25) is 0 Å². The van der Waals surface area contributed by atoms with Gasteiger partial charge in [-0.05, 0) is 27.2 Å². The Morgan fingerprint density at radius 2 is 1.88 bits per heavy atom. The lowest BCUT2D eigenvalue weighted by Gasteiger charge is -2.20. The van der Waals surface area contributed by atoms with Crippen molar-refractivity contribution in [2.45, 2.75) is 52.5 Å². The van der Waals surface area contributed by atoms with E-state index in [2.05, 4.69) is 12.2 Å². The van der Waals surface area contributed by atoms with Crippen LogP contribution in [0.5, 0.6) is 0 Å². The number of nitrogens with one attached hydrogen (secondary N) is 1. The second-order valence-electron chi connectivity index (χ2n) is 4.92. The van der Waals surface area contributed by atoms with Crippen LogP contribution in [-0.4, -0.2) is 30.4 Å². The summed E-state index contributed by atoms with van der Waals surface area (Å²) in [6.45, 7) is 8.33.